The zero-order valence-corrected chi connectivity index (χ0v) is 8.09. The van der Waals surface area contributed by atoms with E-state index in [2.05, 4.69) is 26.6 Å². The average molecular weight is 191 g/mol. The van der Waals surface area contributed by atoms with E-state index >= 15 is 0 Å². The molecule has 49 valence electrons. The molecule has 0 aromatic heterocycles. The van der Waals surface area contributed by atoms with Gasteiger partial charge in [-0.25, -0.2) is 0 Å². The van der Waals surface area contributed by atoms with Crippen molar-refractivity contribution in [2.24, 2.45) is 0 Å². The molecule has 0 fully saturated rings. The van der Waals surface area contributed by atoms with Crippen molar-refractivity contribution in [2.45, 2.75) is 0 Å². The van der Waals surface area contributed by atoms with Gasteiger partial charge in [0.1, 0.15) is 0 Å². The Balaban J connectivity index is -0.00000000500. The van der Waals surface area contributed by atoms with Gasteiger partial charge in [-0.1, -0.05) is 0 Å². The fourth-order valence-corrected chi connectivity index (χ4v) is 0. The van der Waals surface area contributed by atoms with Crippen molar-refractivity contribution in [3.63, 3.8) is 0 Å². The van der Waals surface area contributed by atoms with Crippen molar-refractivity contribution >= 4 is 29.6 Å². The fraction of sp³-hybridized carbons (Fsp3) is 0. The van der Waals surface area contributed by atoms with Crippen LogP contribution in [0.1, 0.15) is 0 Å². The molecule has 1 radical (unpaired) electrons. The van der Waals surface area contributed by atoms with Gasteiger partial charge in [0.25, 0.3) is 0 Å². The molecule has 0 amide bonds. The maximum Gasteiger partial charge on any atom is 0 e. The van der Waals surface area contributed by atoms with Gasteiger partial charge >= 0.3 is 45.2 Å². The minimum Gasteiger partial charge on any atom is 0 e. The first-order chi connectivity index (χ1) is 4.00. The normalized spacial score (nSPS) is 0.800. The van der Waals surface area contributed by atoms with Gasteiger partial charge in [-0.05, 0) is 0 Å². The van der Waals surface area contributed by atoms with Gasteiger partial charge < -0.3 is 0 Å². The molecule has 4 nitrogen and oxygen atoms in total. The third-order valence-corrected chi connectivity index (χ3v) is 0. The van der Waals surface area contributed by atoms with Crippen LogP contribution in [0.3, 0.4) is 0 Å². The maximum absolute atomic E-state index is 7.50. The molecule has 0 rings (SSSR count). The molecule has 0 unspecified atom stereocenters. The summed E-state index contributed by atoms with van der Waals surface area (Å²) in [5, 5.41) is 0. The molecule has 6 heteroatoms. The molecule has 0 spiro atoms. The van der Waals surface area contributed by atoms with E-state index in [-0.39, 0.29) is 46.6 Å². The summed E-state index contributed by atoms with van der Waals surface area (Å²) < 4.78 is 30.0. The first-order valence-electron chi connectivity index (χ1n) is 0.816. The summed E-state index contributed by atoms with van der Waals surface area (Å²) in [6.45, 7) is 18.0. The van der Waals surface area contributed by atoms with Crippen LogP contribution in [0.4, 0.5) is 0 Å². The van der Waals surface area contributed by atoms with Crippen LogP contribution < -0.4 is 0 Å². The molecule has 0 aliphatic heterocycles. The van der Waals surface area contributed by atoms with Crippen molar-refractivity contribution < 1.29 is 35.7 Å². The molecule has 0 saturated heterocycles. The van der Waals surface area contributed by atoms with Gasteiger partial charge in [0.05, 0.1) is 0 Å². The van der Waals surface area contributed by atoms with Crippen molar-refractivity contribution in [3.8, 4) is 0 Å². The van der Waals surface area contributed by atoms with E-state index in [4.69, 9.17) is 18.6 Å². The topological polar surface area (TPSA) is 79.6 Å². The smallest absolute Gasteiger partial charge is 0 e. The van der Waals surface area contributed by atoms with E-state index in [1.165, 1.54) is 0 Å². The molecular weight excluding hydrogens is 191 g/mol. The molecule has 0 aliphatic carbocycles. The van der Waals surface area contributed by atoms with Crippen molar-refractivity contribution in [1.82, 2.24) is 0 Å². The zero-order chi connectivity index (χ0) is 8.00. The molecule has 0 atom stereocenters. The largest absolute Gasteiger partial charge is 0 e. The van der Waals surface area contributed by atoms with Gasteiger partial charge in [-0.3, -0.25) is 0 Å². The van der Waals surface area contributed by atoms with Crippen LogP contribution in [0, 0.1) is 26.6 Å². The summed E-state index contributed by atoms with van der Waals surface area (Å²) in [5.74, 6) is 0. The Bertz CT molecular complexity index is 60.2. The van der Waals surface area contributed by atoms with Crippen LogP contribution in [0.5, 0.6) is 0 Å². The van der Waals surface area contributed by atoms with Crippen LogP contribution in [-0.4, -0.2) is 29.6 Å². The second-order valence-electron chi connectivity index (χ2n) is 0. The minimum absolute atomic E-state index is 0. The molecule has 10 heavy (non-hydrogen) atoms. The van der Waals surface area contributed by atoms with E-state index in [1.54, 1.807) is 0 Å². The monoisotopic (exact) mass is 191 g/mol. The molecule has 0 N–H and O–H groups in total. The molecule has 0 aromatic carbocycles. The number of rotatable bonds is 0. The Hall–Kier alpha value is 0.479. The summed E-state index contributed by atoms with van der Waals surface area (Å²) in [4.78, 5) is 0. The third kappa shape index (κ3) is 2060. The first-order valence-corrected chi connectivity index (χ1v) is 0.816. The minimum atomic E-state index is 0. The molecular formula is C4FeNaO4. The molecule has 0 aliphatic rings. The van der Waals surface area contributed by atoms with Crippen LogP contribution in [0.2, 0.25) is 0 Å². The second-order valence-corrected chi connectivity index (χ2v) is 0. The Kier molecular flexibility index (Phi) is 13900. The van der Waals surface area contributed by atoms with Crippen molar-refractivity contribution in [3.05, 3.63) is 26.6 Å². The van der Waals surface area contributed by atoms with E-state index in [0.29, 0.717) is 0 Å². The Morgan fingerprint density at radius 3 is 0.500 bits per heavy atom. The SMILES string of the molecule is [C-]#[O+].[C-]#[O+].[C-]#[O+].[C-]#[O+].[Fe].[Na]. The van der Waals surface area contributed by atoms with E-state index in [9.17, 15) is 0 Å². The summed E-state index contributed by atoms with van der Waals surface area (Å²) in [5.41, 5.74) is 0. The molecule has 0 aromatic rings. The average Bonchev–Trinajstić information content (AvgIpc) is 2.03. The zero-order valence-electron chi connectivity index (χ0n) is 4.99. The summed E-state index contributed by atoms with van der Waals surface area (Å²) in [7, 11) is 0. The Labute approximate surface area is 91.4 Å². The van der Waals surface area contributed by atoms with Gasteiger partial charge in [0.2, 0.25) is 0 Å². The van der Waals surface area contributed by atoms with Gasteiger partial charge in [-0.2, -0.15) is 0 Å². The van der Waals surface area contributed by atoms with Crippen molar-refractivity contribution in [1.29, 1.82) is 0 Å². The van der Waals surface area contributed by atoms with Crippen LogP contribution >= 0.6 is 0 Å². The van der Waals surface area contributed by atoms with Gasteiger partial charge in [0, 0.05) is 46.6 Å². The van der Waals surface area contributed by atoms with Gasteiger partial charge in [0.15, 0.2) is 0 Å². The quantitative estimate of drug-likeness (QED) is 0.280. The van der Waals surface area contributed by atoms with Gasteiger partial charge in [-0.15, -0.1) is 0 Å². The number of hydrogen-bond donors (Lipinski definition) is 0. The number of hydrogen-bond acceptors (Lipinski definition) is 0. The summed E-state index contributed by atoms with van der Waals surface area (Å²) in [6, 6.07) is 0. The summed E-state index contributed by atoms with van der Waals surface area (Å²) >= 11 is 0. The van der Waals surface area contributed by atoms with E-state index < -0.39 is 0 Å². The predicted molar refractivity (Wildman–Crippen MR) is 21.5 cm³/mol. The van der Waals surface area contributed by atoms with Crippen LogP contribution in [0.25, 0.3) is 0 Å². The van der Waals surface area contributed by atoms with Crippen LogP contribution in [-0.2, 0) is 35.7 Å². The summed E-state index contributed by atoms with van der Waals surface area (Å²) in [6.07, 6.45) is 0. The van der Waals surface area contributed by atoms with E-state index in [0.717, 1.165) is 0 Å². The van der Waals surface area contributed by atoms with E-state index in [1.807, 2.05) is 0 Å². The molecule has 0 bridgehead atoms. The second kappa shape index (κ2) is 2960. The predicted octanol–water partition coefficient (Wildman–Crippen LogP) is -0.533. The first kappa shape index (κ1) is 46.9. The maximum atomic E-state index is 7.50. The third-order valence-electron chi connectivity index (χ3n) is 0. The standard InChI is InChI=1S/4CO.Fe.Na/c4*1-2;;. The molecule has 0 heterocycles. The van der Waals surface area contributed by atoms with Crippen molar-refractivity contribution in [2.75, 3.05) is 0 Å². The Morgan fingerprint density at radius 2 is 0.500 bits per heavy atom. The van der Waals surface area contributed by atoms with Crippen LogP contribution in [0.15, 0.2) is 0 Å². The fourth-order valence-electron chi connectivity index (χ4n) is 0. The molecule has 0 saturated carbocycles. The Morgan fingerprint density at radius 1 is 0.500 bits per heavy atom.